The van der Waals surface area contributed by atoms with E-state index in [9.17, 15) is 4.79 Å². The number of rotatable bonds is 0. The largest absolute Gasteiger partial charge is 0.289 e. The van der Waals surface area contributed by atoms with Crippen LogP contribution in [-0.4, -0.2) is 5.91 Å². The molecule has 11 heavy (non-hydrogen) atoms. The van der Waals surface area contributed by atoms with Crippen molar-refractivity contribution in [2.24, 2.45) is 4.99 Å². The molecule has 0 saturated carbocycles. The van der Waals surface area contributed by atoms with Gasteiger partial charge < -0.3 is 0 Å². The summed E-state index contributed by atoms with van der Waals surface area (Å²) in [6, 6.07) is 7.20. The third-order valence-electron chi connectivity index (χ3n) is 1.55. The van der Waals surface area contributed by atoms with E-state index in [2.05, 4.69) is 4.99 Å². The van der Waals surface area contributed by atoms with Crippen molar-refractivity contribution in [1.29, 1.82) is 0 Å². The van der Waals surface area contributed by atoms with Gasteiger partial charge in [-0.3, -0.25) is 4.79 Å². The smallest absolute Gasteiger partial charge is 0.266 e. The number of benzene rings is 1. The number of para-hydroxylation sites is 1. The van der Waals surface area contributed by atoms with Gasteiger partial charge in [0.05, 0.1) is 5.36 Å². The van der Waals surface area contributed by atoms with E-state index in [1.165, 1.54) is 0 Å². The second-order valence-electron chi connectivity index (χ2n) is 2.25. The summed E-state index contributed by atoms with van der Waals surface area (Å²) in [6.07, 6.45) is 0. The molecule has 0 bridgehead atoms. The first-order chi connectivity index (χ1) is 5.29. The van der Waals surface area contributed by atoms with Gasteiger partial charge in [0.1, 0.15) is 5.03 Å². The van der Waals surface area contributed by atoms with Crippen LogP contribution >= 0.6 is 11.6 Å². The average Bonchev–Trinajstić information content (AvgIpc) is 2.30. The van der Waals surface area contributed by atoms with Crippen LogP contribution in [0.2, 0.25) is 0 Å². The van der Waals surface area contributed by atoms with Gasteiger partial charge in [0, 0.05) is 5.22 Å². The molecule has 0 aliphatic carbocycles. The highest BCUT2D eigenvalue weighted by Crippen LogP contribution is 2.03. The normalized spacial score (nSPS) is 14.6. The lowest BCUT2D eigenvalue weighted by atomic mass is 10.3. The topological polar surface area (TPSA) is 29.4 Å². The van der Waals surface area contributed by atoms with Crippen molar-refractivity contribution >= 4 is 22.5 Å². The monoisotopic (exact) mass is 165 g/mol. The first-order valence-electron chi connectivity index (χ1n) is 3.17. The van der Waals surface area contributed by atoms with E-state index in [0.717, 1.165) is 5.22 Å². The molecule has 0 spiro atoms. The van der Waals surface area contributed by atoms with Crippen LogP contribution in [0.25, 0.3) is 5.03 Å². The van der Waals surface area contributed by atoms with Gasteiger partial charge in [-0.1, -0.05) is 29.8 Å². The quantitative estimate of drug-likeness (QED) is 0.540. The molecule has 3 heteroatoms. The van der Waals surface area contributed by atoms with Crippen LogP contribution < -0.4 is 10.6 Å². The molecule has 0 saturated heterocycles. The molecule has 0 fully saturated rings. The van der Waals surface area contributed by atoms with Crippen LogP contribution in [0.3, 0.4) is 0 Å². The summed E-state index contributed by atoms with van der Waals surface area (Å²) in [5, 5.41) is 1.63. The maximum absolute atomic E-state index is 10.9. The van der Waals surface area contributed by atoms with Gasteiger partial charge in [-0.2, -0.15) is 0 Å². The average molecular weight is 166 g/mol. The van der Waals surface area contributed by atoms with Gasteiger partial charge in [-0.05, 0) is 6.07 Å². The summed E-state index contributed by atoms with van der Waals surface area (Å²) in [6.45, 7) is 0. The minimum Gasteiger partial charge on any atom is -0.266 e. The molecule has 0 aromatic heterocycles. The van der Waals surface area contributed by atoms with Crippen LogP contribution in [0, 0.1) is 0 Å². The highest BCUT2D eigenvalue weighted by molar-refractivity contribution is 6.61. The molecule has 0 radical (unpaired) electrons. The van der Waals surface area contributed by atoms with Crippen molar-refractivity contribution in [3.05, 3.63) is 34.8 Å². The highest BCUT2D eigenvalue weighted by atomic mass is 35.5. The molecular formula is C8H4ClNO. The maximum atomic E-state index is 10.9. The Kier molecular flexibility index (Phi) is 1.29. The molecule has 1 aliphatic rings. The minimum absolute atomic E-state index is 0.223. The Hall–Kier alpha value is -1.15. The zero-order valence-electron chi connectivity index (χ0n) is 5.54. The number of nitrogens with zero attached hydrogens (tertiary/aromatic N) is 1. The molecule has 2 nitrogen and oxygen atoms in total. The Labute approximate surface area is 67.8 Å². The minimum atomic E-state index is -0.340. The standard InChI is InChI=1S/C8H4ClNO/c9-7-5-3-1-2-4-6(5)10-8(7)11/h1-4H. The van der Waals surface area contributed by atoms with E-state index >= 15 is 0 Å². The first kappa shape index (κ1) is 6.55. The number of fused-ring (bicyclic) bond motifs is 1. The Bertz CT molecular complexity index is 436. The van der Waals surface area contributed by atoms with E-state index in [-0.39, 0.29) is 10.9 Å². The molecule has 1 heterocycles. The van der Waals surface area contributed by atoms with Crippen molar-refractivity contribution in [3.63, 3.8) is 0 Å². The number of carbonyl (C=O) groups excluding carboxylic acids is 1. The Morgan fingerprint density at radius 3 is 2.73 bits per heavy atom. The predicted molar refractivity (Wildman–Crippen MR) is 41.5 cm³/mol. The molecule has 0 N–H and O–H groups in total. The Morgan fingerprint density at radius 2 is 2.00 bits per heavy atom. The van der Waals surface area contributed by atoms with Gasteiger partial charge in [0.2, 0.25) is 0 Å². The summed E-state index contributed by atoms with van der Waals surface area (Å²) in [7, 11) is 0. The third kappa shape index (κ3) is 0.870. The predicted octanol–water partition coefficient (Wildman–Crippen LogP) is 0.193. The highest BCUT2D eigenvalue weighted by Gasteiger charge is 2.11. The first-order valence-corrected chi connectivity index (χ1v) is 3.55. The fourth-order valence-electron chi connectivity index (χ4n) is 1.03. The Morgan fingerprint density at radius 1 is 1.27 bits per heavy atom. The van der Waals surface area contributed by atoms with Crippen LogP contribution in [-0.2, 0) is 4.79 Å². The number of hydrogen-bond donors (Lipinski definition) is 0. The van der Waals surface area contributed by atoms with E-state index in [0.29, 0.717) is 5.36 Å². The summed E-state index contributed by atoms with van der Waals surface area (Å²) >= 11 is 5.67. The van der Waals surface area contributed by atoms with Crippen molar-refractivity contribution < 1.29 is 4.79 Å². The number of amides is 1. The lowest BCUT2D eigenvalue weighted by molar-refractivity contribution is -0.112. The fraction of sp³-hybridized carbons (Fsp3) is 0. The van der Waals surface area contributed by atoms with Crippen LogP contribution in [0.15, 0.2) is 29.3 Å². The second-order valence-corrected chi connectivity index (χ2v) is 2.63. The van der Waals surface area contributed by atoms with E-state index < -0.39 is 0 Å². The van der Waals surface area contributed by atoms with Crippen LogP contribution in [0.1, 0.15) is 0 Å². The zero-order valence-corrected chi connectivity index (χ0v) is 6.30. The molecule has 1 amide bonds. The molecule has 0 atom stereocenters. The van der Waals surface area contributed by atoms with E-state index in [1.807, 2.05) is 12.1 Å². The van der Waals surface area contributed by atoms with Crippen LogP contribution in [0.4, 0.5) is 0 Å². The molecule has 1 aromatic rings. The van der Waals surface area contributed by atoms with Crippen LogP contribution in [0.5, 0.6) is 0 Å². The van der Waals surface area contributed by atoms with E-state index in [4.69, 9.17) is 11.6 Å². The van der Waals surface area contributed by atoms with Gasteiger partial charge in [-0.15, -0.1) is 0 Å². The summed E-state index contributed by atoms with van der Waals surface area (Å²) in [5.74, 6) is -0.340. The van der Waals surface area contributed by atoms with Crippen molar-refractivity contribution in [2.45, 2.75) is 0 Å². The maximum Gasteiger partial charge on any atom is 0.289 e. The molecule has 1 aromatic carbocycles. The van der Waals surface area contributed by atoms with Gasteiger partial charge >= 0.3 is 0 Å². The third-order valence-corrected chi connectivity index (χ3v) is 1.92. The van der Waals surface area contributed by atoms with E-state index in [1.54, 1.807) is 12.1 Å². The van der Waals surface area contributed by atoms with Gasteiger partial charge in [-0.25, -0.2) is 4.99 Å². The van der Waals surface area contributed by atoms with Gasteiger partial charge in [0.15, 0.2) is 0 Å². The molecule has 1 aliphatic heterocycles. The lowest BCUT2D eigenvalue weighted by Gasteiger charge is -1.80. The number of halogens is 1. The summed E-state index contributed by atoms with van der Waals surface area (Å²) in [4.78, 5) is 14.6. The molecule has 54 valence electrons. The molecular weight excluding hydrogens is 162 g/mol. The Balaban J connectivity index is 3.00. The van der Waals surface area contributed by atoms with Crippen molar-refractivity contribution in [1.82, 2.24) is 0 Å². The lowest BCUT2D eigenvalue weighted by Crippen LogP contribution is -2.20. The second kappa shape index (κ2) is 2.17. The zero-order chi connectivity index (χ0) is 7.84. The number of carbonyl (C=O) groups is 1. The van der Waals surface area contributed by atoms with Crippen molar-refractivity contribution in [2.75, 3.05) is 0 Å². The summed E-state index contributed by atoms with van der Waals surface area (Å²) in [5.41, 5.74) is 0. The van der Waals surface area contributed by atoms with Crippen molar-refractivity contribution in [3.8, 4) is 0 Å². The molecule has 2 rings (SSSR count). The van der Waals surface area contributed by atoms with Gasteiger partial charge in [0.25, 0.3) is 5.91 Å². The molecule has 0 unspecified atom stereocenters. The number of hydrogen-bond acceptors (Lipinski definition) is 1. The SMILES string of the molecule is O=C1N=c2ccccc2=C1Cl. The fourth-order valence-corrected chi connectivity index (χ4v) is 1.23. The summed E-state index contributed by atoms with van der Waals surface area (Å²) < 4.78 is 0.